The molecule has 1 N–H and O–H groups in total. The lowest BCUT2D eigenvalue weighted by atomic mass is 9.70. The van der Waals surface area contributed by atoms with Crippen LogP contribution in [0.4, 0.5) is 0 Å². The van der Waals surface area contributed by atoms with Crippen LogP contribution in [0.25, 0.3) is 0 Å². The van der Waals surface area contributed by atoms with Crippen molar-refractivity contribution < 1.29 is 9.84 Å². The molecule has 1 fully saturated rings. The van der Waals surface area contributed by atoms with E-state index in [0.717, 1.165) is 63.4 Å². The normalized spacial score (nSPS) is 18.1. The second-order valence-corrected chi connectivity index (χ2v) is 9.09. The van der Waals surface area contributed by atoms with E-state index >= 15 is 0 Å². The molecule has 1 aliphatic heterocycles. The Morgan fingerprint density at radius 3 is 2.12 bits per heavy atom. The maximum absolute atomic E-state index is 10.1. The van der Waals surface area contributed by atoms with E-state index in [1.165, 1.54) is 0 Å². The third kappa shape index (κ3) is 6.32. The first-order valence-electron chi connectivity index (χ1n) is 11.8. The number of hydrogen-bond donors (Lipinski definition) is 1. The van der Waals surface area contributed by atoms with Crippen LogP contribution in [0.15, 0.2) is 60.7 Å². The van der Waals surface area contributed by atoms with Crippen LogP contribution in [-0.2, 0) is 5.41 Å². The van der Waals surface area contributed by atoms with Gasteiger partial charge in [-0.3, -0.25) is 4.90 Å². The molecule has 3 rings (SSSR count). The van der Waals surface area contributed by atoms with Gasteiger partial charge in [-0.05, 0) is 43.0 Å². The van der Waals surface area contributed by atoms with Crippen molar-refractivity contribution >= 4 is 0 Å². The van der Waals surface area contributed by atoms with E-state index < -0.39 is 5.41 Å². The fourth-order valence-electron chi connectivity index (χ4n) is 4.64. The largest absolute Gasteiger partial charge is 0.487 e. The molecule has 2 unspecified atom stereocenters. The second-order valence-electron chi connectivity index (χ2n) is 9.09. The minimum Gasteiger partial charge on any atom is -0.487 e. The lowest BCUT2D eigenvalue weighted by Gasteiger charge is -2.37. The summed E-state index contributed by atoms with van der Waals surface area (Å²) in [5.74, 6) is 1.07. The Kier molecular flexibility index (Phi) is 9.11. The third-order valence-corrected chi connectivity index (χ3v) is 6.70. The molecule has 0 saturated carbocycles. The Morgan fingerprint density at radius 1 is 0.969 bits per heavy atom. The lowest BCUT2D eigenvalue weighted by Crippen LogP contribution is -2.50. The van der Waals surface area contributed by atoms with E-state index in [4.69, 9.17) is 4.74 Å². The van der Waals surface area contributed by atoms with E-state index in [-0.39, 0.29) is 18.6 Å². The van der Waals surface area contributed by atoms with Gasteiger partial charge in [0.05, 0.1) is 18.1 Å². The Bertz CT molecular complexity index is 829. The van der Waals surface area contributed by atoms with Gasteiger partial charge in [-0.2, -0.15) is 5.26 Å². The average molecular weight is 436 g/mol. The molecule has 0 aliphatic carbocycles. The third-order valence-electron chi connectivity index (χ3n) is 6.70. The molecule has 5 nitrogen and oxygen atoms in total. The SMILES string of the molecule is CC(C)C(C#N)(CCCN1CCN(CC(CO)Oc2ccccc2)CC1)c1ccccc1. The first kappa shape index (κ1) is 24.3. The van der Waals surface area contributed by atoms with Crippen molar-refractivity contribution in [1.29, 1.82) is 5.26 Å². The second kappa shape index (κ2) is 12.0. The van der Waals surface area contributed by atoms with E-state index in [1.807, 2.05) is 48.5 Å². The van der Waals surface area contributed by atoms with Crippen LogP contribution >= 0.6 is 0 Å². The highest BCUT2D eigenvalue weighted by molar-refractivity contribution is 5.33. The number of nitriles is 1. The Hall–Kier alpha value is -2.39. The van der Waals surface area contributed by atoms with E-state index in [0.29, 0.717) is 0 Å². The molecular formula is C27H37N3O2. The summed E-state index contributed by atoms with van der Waals surface area (Å²) >= 11 is 0. The molecule has 172 valence electrons. The monoisotopic (exact) mass is 435 g/mol. The van der Waals surface area contributed by atoms with Crippen LogP contribution in [0, 0.1) is 17.2 Å². The van der Waals surface area contributed by atoms with Gasteiger partial charge < -0.3 is 14.7 Å². The summed E-state index contributed by atoms with van der Waals surface area (Å²) in [4.78, 5) is 4.87. The first-order valence-corrected chi connectivity index (χ1v) is 11.8. The number of nitrogens with zero attached hydrogens (tertiary/aromatic N) is 3. The lowest BCUT2D eigenvalue weighted by molar-refractivity contribution is 0.0525. The van der Waals surface area contributed by atoms with Crippen molar-refractivity contribution in [3.05, 3.63) is 66.2 Å². The smallest absolute Gasteiger partial charge is 0.134 e. The van der Waals surface area contributed by atoms with Crippen LogP contribution < -0.4 is 4.74 Å². The summed E-state index contributed by atoms with van der Waals surface area (Å²) in [7, 11) is 0. The molecule has 0 radical (unpaired) electrons. The molecular weight excluding hydrogens is 398 g/mol. The molecule has 2 aromatic carbocycles. The van der Waals surface area contributed by atoms with Gasteiger partial charge >= 0.3 is 0 Å². The summed E-state index contributed by atoms with van der Waals surface area (Å²) < 4.78 is 5.94. The van der Waals surface area contributed by atoms with Gasteiger partial charge in [0.15, 0.2) is 0 Å². The van der Waals surface area contributed by atoms with Crippen LogP contribution in [0.3, 0.4) is 0 Å². The highest BCUT2D eigenvalue weighted by Gasteiger charge is 2.35. The van der Waals surface area contributed by atoms with E-state index in [9.17, 15) is 10.4 Å². The van der Waals surface area contributed by atoms with Gasteiger partial charge in [0, 0.05) is 32.7 Å². The van der Waals surface area contributed by atoms with Crippen molar-refractivity contribution in [3.63, 3.8) is 0 Å². The fourth-order valence-corrected chi connectivity index (χ4v) is 4.64. The molecule has 1 saturated heterocycles. The van der Waals surface area contributed by atoms with Gasteiger partial charge in [0.2, 0.25) is 0 Å². The van der Waals surface area contributed by atoms with Crippen molar-refractivity contribution in [1.82, 2.24) is 9.80 Å². The van der Waals surface area contributed by atoms with Crippen molar-refractivity contribution in [2.45, 2.75) is 38.2 Å². The van der Waals surface area contributed by atoms with Crippen molar-refractivity contribution in [2.24, 2.45) is 5.92 Å². The quantitative estimate of drug-likeness (QED) is 0.579. The Labute approximate surface area is 193 Å². The number of aliphatic hydroxyl groups is 1. The van der Waals surface area contributed by atoms with Gasteiger partial charge in [-0.15, -0.1) is 0 Å². The van der Waals surface area contributed by atoms with Crippen LogP contribution in [0.5, 0.6) is 5.75 Å². The number of benzene rings is 2. The predicted octanol–water partition coefficient (Wildman–Crippen LogP) is 3.94. The molecule has 5 heteroatoms. The predicted molar refractivity (Wildman–Crippen MR) is 129 cm³/mol. The highest BCUT2D eigenvalue weighted by Crippen LogP contribution is 2.36. The summed E-state index contributed by atoms with van der Waals surface area (Å²) in [6.45, 7) is 10.0. The number of rotatable bonds is 11. The van der Waals surface area contributed by atoms with Crippen molar-refractivity contribution in [3.8, 4) is 11.8 Å². The summed E-state index contributed by atoms with van der Waals surface area (Å²) in [5, 5.41) is 19.8. The zero-order valence-corrected chi connectivity index (χ0v) is 19.5. The van der Waals surface area contributed by atoms with Crippen LogP contribution in [0.1, 0.15) is 32.3 Å². The van der Waals surface area contributed by atoms with E-state index in [1.54, 1.807) is 0 Å². The van der Waals surface area contributed by atoms with Gasteiger partial charge in [-0.1, -0.05) is 62.4 Å². The molecule has 1 aliphatic rings. The van der Waals surface area contributed by atoms with Gasteiger partial charge in [0.25, 0.3) is 0 Å². The standard InChI is InChI=1S/C27H37N3O2/c1-23(2)27(22-28,24-10-5-3-6-11-24)14-9-15-29-16-18-30(19-17-29)20-26(21-31)32-25-12-7-4-8-13-25/h3-8,10-13,23,26,31H,9,14-21H2,1-2H3. The van der Waals surface area contributed by atoms with E-state index in [2.05, 4.69) is 41.8 Å². The van der Waals surface area contributed by atoms with Gasteiger partial charge in [-0.25, -0.2) is 0 Å². The van der Waals surface area contributed by atoms with Crippen LogP contribution in [-0.4, -0.2) is 66.9 Å². The molecule has 1 heterocycles. The van der Waals surface area contributed by atoms with Crippen molar-refractivity contribution in [2.75, 3.05) is 45.9 Å². The number of aliphatic hydroxyl groups excluding tert-OH is 1. The summed E-state index contributed by atoms with van der Waals surface area (Å²) in [5.41, 5.74) is 0.711. The zero-order chi connectivity index (χ0) is 22.8. The van der Waals surface area contributed by atoms with Gasteiger partial charge in [0.1, 0.15) is 11.9 Å². The molecule has 2 aromatic rings. The average Bonchev–Trinajstić information content (AvgIpc) is 2.83. The zero-order valence-electron chi connectivity index (χ0n) is 19.5. The first-order chi connectivity index (χ1) is 15.6. The number of hydrogen-bond acceptors (Lipinski definition) is 5. The molecule has 0 amide bonds. The minimum absolute atomic E-state index is 0.0139. The summed E-state index contributed by atoms with van der Waals surface area (Å²) in [6, 6.07) is 22.6. The molecule has 32 heavy (non-hydrogen) atoms. The Balaban J connectivity index is 1.45. The molecule has 0 aromatic heterocycles. The number of piperazine rings is 1. The number of para-hydroxylation sites is 1. The topological polar surface area (TPSA) is 59.7 Å². The maximum Gasteiger partial charge on any atom is 0.134 e. The fraction of sp³-hybridized carbons (Fsp3) is 0.519. The molecule has 0 spiro atoms. The van der Waals surface area contributed by atoms with Crippen LogP contribution in [0.2, 0.25) is 0 Å². The maximum atomic E-state index is 10.1. The Morgan fingerprint density at radius 2 is 1.56 bits per heavy atom. The molecule has 2 atom stereocenters. The summed E-state index contributed by atoms with van der Waals surface area (Å²) in [6.07, 6.45) is 1.68. The minimum atomic E-state index is -0.424. The molecule has 0 bridgehead atoms. The number of ether oxygens (including phenoxy) is 1. The highest BCUT2D eigenvalue weighted by atomic mass is 16.5.